The van der Waals surface area contributed by atoms with Crippen LogP contribution in [0.15, 0.2) is 140 Å². The normalized spacial score (nSPS) is 11.4. The number of fused-ring (bicyclic) bond motifs is 3. The predicted octanol–water partition coefficient (Wildman–Crippen LogP) is 10.4. The maximum Gasteiger partial charge on any atom is 0.416 e. The van der Waals surface area contributed by atoms with Crippen LogP contribution < -0.4 is 0 Å². The summed E-state index contributed by atoms with van der Waals surface area (Å²) in [7, 11) is 0. The van der Waals surface area contributed by atoms with Gasteiger partial charge < -0.3 is 4.57 Å². The number of nitrogens with zero attached hydrogens (tertiary/aromatic N) is 6. The Morgan fingerprint density at radius 3 is 1.49 bits per heavy atom. The van der Waals surface area contributed by atoms with Crippen molar-refractivity contribution in [1.82, 2.24) is 19.5 Å². The number of hydrogen-bond donors (Lipinski definition) is 0. The molecule has 0 aliphatic rings. The summed E-state index contributed by atoms with van der Waals surface area (Å²) in [5.41, 5.74) is 5.78. The number of nitriles is 2. The first-order valence-corrected chi connectivity index (χ1v) is 15.9. The van der Waals surface area contributed by atoms with E-state index in [0.29, 0.717) is 51.0 Å². The summed E-state index contributed by atoms with van der Waals surface area (Å²) in [6.07, 6.45) is -4.50. The molecular weight excluding hydrogens is 645 g/mol. The molecule has 0 atom stereocenters. The zero-order valence-electron chi connectivity index (χ0n) is 26.6. The average Bonchev–Trinajstić information content (AvgIpc) is 3.50. The van der Waals surface area contributed by atoms with Gasteiger partial charge in [0, 0.05) is 33.2 Å². The molecule has 0 saturated heterocycles. The lowest BCUT2D eigenvalue weighted by Gasteiger charge is -2.16. The number of aromatic nitrogens is 4. The van der Waals surface area contributed by atoms with E-state index in [1.54, 1.807) is 24.3 Å². The maximum absolute atomic E-state index is 13.7. The average molecular weight is 669 g/mol. The van der Waals surface area contributed by atoms with Crippen LogP contribution in [0, 0.1) is 22.7 Å². The van der Waals surface area contributed by atoms with Gasteiger partial charge in [-0.1, -0.05) is 72.8 Å². The van der Waals surface area contributed by atoms with Crippen molar-refractivity contribution < 1.29 is 13.2 Å². The van der Waals surface area contributed by atoms with E-state index < -0.39 is 11.7 Å². The molecule has 0 spiro atoms. The van der Waals surface area contributed by atoms with Gasteiger partial charge in [0.15, 0.2) is 17.5 Å². The highest BCUT2D eigenvalue weighted by Crippen LogP contribution is 2.39. The van der Waals surface area contributed by atoms with Crippen molar-refractivity contribution in [1.29, 1.82) is 10.5 Å². The van der Waals surface area contributed by atoms with Gasteiger partial charge in [-0.05, 0) is 77.9 Å². The quantitative estimate of drug-likeness (QED) is 0.182. The van der Waals surface area contributed by atoms with Gasteiger partial charge in [-0.25, -0.2) is 15.0 Å². The molecule has 6 nitrogen and oxygen atoms in total. The van der Waals surface area contributed by atoms with Crippen LogP contribution in [-0.2, 0) is 6.18 Å². The van der Waals surface area contributed by atoms with Gasteiger partial charge in [0.25, 0.3) is 0 Å². The van der Waals surface area contributed by atoms with E-state index in [2.05, 4.69) is 12.1 Å². The highest BCUT2D eigenvalue weighted by Gasteiger charge is 2.30. The largest absolute Gasteiger partial charge is 0.416 e. The van der Waals surface area contributed by atoms with Crippen LogP contribution in [0.3, 0.4) is 0 Å². The van der Waals surface area contributed by atoms with Crippen molar-refractivity contribution in [3.8, 4) is 63.1 Å². The number of alkyl halides is 3. The summed E-state index contributed by atoms with van der Waals surface area (Å²) >= 11 is 0. The smallest absolute Gasteiger partial charge is 0.309 e. The van der Waals surface area contributed by atoms with E-state index in [1.165, 1.54) is 12.1 Å². The second kappa shape index (κ2) is 12.4. The summed E-state index contributed by atoms with van der Waals surface area (Å²) in [5, 5.41) is 20.9. The Kier molecular flexibility index (Phi) is 7.59. The lowest BCUT2D eigenvalue weighted by Crippen LogP contribution is -2.04. The molecule has 0 fully saturated rings. The molecule has 2 heterocycles. The second-order valence-corrected chi connectivity index (χ2v) is 11.9. The molecule has 8 rings (SSSR count). The number of hydrogen-bond acceptors (Lipinski definition) is 5. The molecule has 51 heavy (non-hydrogen) atoms. The Labute approximate surface area is 290 Å². The predicted molar refractivity (Wildman–Crippen MR) is 190 cm³/mol. The summed E-state index contributed by atoms with van der Waals surface area (Å²) in [5.74, 6) is 1.25. The lowest BCUT2D eigenvalue weighted by atomic mass is 9.97. The fraction of sp³-hybridized carbons (Fsp3) is 0.0238. The minimum atomic E-state index is -4.50. The molecule has 8 aromatic rings. The highest BCUT2D eigenvalue weighted by atomic mass is 19.4. The highest BCUT2D eigenvalue weighted by molar-refractivity contribution is 6.10. The Hall–Kier alpha value is -7.10. The van der Waals surface area contributed by atoms with Crippen molar-refractivity contribution in [3.63, 3.8) is 0 Å². The molecule has 0 saturated carbocycles. The second-order valence-electron chi connectivity index (χ2n) is 11.9. The monoisotopic (exact) mass is 668 g/mol. The van der Waals surface area contributed by atoms with Crippen LogP contribution in [0.5, 0.6) is 0 Å². The third-order valence-electron chi connectivity index (χ3n) is 8.75. The van der Waals surface area contributed by atoms with E-state index >= 15 is 0 Å². The Morgan fingerprint density at radius 2 is 1.00 bits per heavy atom. The molecule has 0 aliphatic carbocycles. The number of halogens is 3. The van der Waals surface area contributed by atoms with Crippen molar-refractivity contribution >= 4 is 21.8 Å². The standard InChI is InChI=1S/C42H23F3N6/c43-42(44,45)31-15-13-28(14-16-31)34-23-32(51-37-19-11-26(24-46)21-35(37)36-22-27(25-47)12-20-38(36)51)17-18-33(34)41-49-39(29-7-3-1-4-8-29)48-40(50-41)30-9-5-2-6-10-30/h1-23H. The maximum atomic E-state index is 13.7. The van der Waals surface area contributed by atoms with Crippen LogP contribution >= 0.6 is 0 Å². The van der Waals surface area contributed by atoms with Crippen LogP contribution in [0.1, 0.15) is 16.7 Å². The summed E-state index contributed by atoms with van der Waals surface area (Å²) in [6.45, 7) is 0. The number of rotatable bonds is 5. The Morgan fingerprint density at radius 1 is 0.490 bits per heavy atom. The van der Waals surface area contributed by atoms with Gasteiger partial charge in [0.2, 0.25) is 0 Å². The SMILES string of the molecule is N#Cc1ccc2c(c1)c1cc(C#N)ccc1n2-c1ccc(-c2nc(-c3ccccc3)nc(-c3ccccc3)n2)c(-c2ccc(C(F)(F)F)cc2)c1. The zero-order chi connectivity index (χ0) is 35.1. The molecule has 0 N–H and O–H groups in total. The van der Waals surface area contributed by atoms with Crippen molar-refractivity contribution in [2.45, 2.75) is 6.18 Å². The van der Waals surface area contributed by atoms with E-state index in [4.69, 9.17) is 15.0 Å². The molecule has 0 radical (unpaired) electrons. The number of benzene rings is 6. The van der Waals surface area contributed by atoms with E-state index in [0.717, 1.165) is 45.1 Å². The first-order chi connectivity index (χ1) is 24.8. The molecular formula is C42H23F3N6. The molecule has 2 aromatic heterocycles. The van der Waals surface area contributed by atoms with E-state index in [1.807, 2.05) is 95.6 Å². The minimum Gasteiger partial charge on any atom is -0.309 e. The minimum absolute atomic E-state index is 0.351. The lowest BCUT2D eigenvalue weighted by molar-refractivity contribution is -0.137. The van der Waals surface area contributed by atoms with Gasteiger partial charge in [-0.15, -0.1) is 0 Å². The summed E-state index contributed by atoms with van der Waals surface area (Å²) < 4.78 is 43.0. The van der Waals surface area contributed by atoms with Crippen LogP contribution in [0.25, 0.3) is 72.8 Å². The molecule has 0 aliphatic heterocycles. The molecule has 6 aromatic carbocycles. The van der Waals surface area contributed by atoms with Crippen molar-refractivity contribution in [2.24, 2.45) is 0 Å². The van der Waals surface area contributed by atoms with Gasteiger partial charge in [0.1, 0.15) is 0 Å². The van der Waals surface area contributed by atoms with Gasteiger partial charge in [0.05, 0.1) is 39.9 Å². The molecule has 0 unspecified atom stereocenters. The van der Waals surface area contributed by atoms with Crippen LogP contribution in [-0.4, -0.2) is 19.5 Å². The van der Waals surface area contributed by atoms with Gasteiger partial charge in [-0.2, -0.15) is 23.7 Å². The van der Waals surface area contributed by atoms with E-state index in [-0.39, 0.29) is 0 Å². The first kappa shape index (κ1) is 31.2. The zero-order valence-corrected chi connectivity index (χ0v) is 26.6. The molecule has 0 amide bonds. The fourth-order valence-corrected chi connectivity index (χ4v) is 6.31. The third kappa shape index (κ3) is 5.73. The van der Waals surface area contributed by atoms with Gasteiger partial charge >= 0.3 is 6.18 Å². The summed E-state index contributed by atoms with van der Waals surface area (Å²) in [6, 6.07) is 44.9. The molecule has 242 valence electrons. The van der Waals surface area contributed by atoms with E-state index in [9.17, 15) is 23.7 Å². The van der Waals surface area contributed by atoms with Crippen LogP contribution in [0.2, 0.25) is 0 Å². The fourth-order valence-electron chi connectivity index (χ4n) is 6.31. The Bertz CT molecular complexity index is 2560. The third-order valence-corrected chi connectivity index (χ3v) is 8.75. The Balaban J connectivity index is 1.40. The first-order valence-electron chi connectivity index (χ1n) is 15.9. The van der Waals surface area contributed by atoms with Gasteiger partial charge in [-0.3, -0.25) is 0 Å². The summed E-state index contributed by atoms with van der Waals surface area (Å²) in [4.78, 5) is 14.6. The van der Waals surface area contributed by atoms with Crippen molar-refractivity contribution in [2.75, 3.05) is 0 Å². The molecule has 0 bridgehead atoms. The molecule has 9 heteroatoms. The van der Waals surface area contributed by atoms with Crippen LogP contribution in [0.4, 0.5) is 13.2 Å². The topological polar surface area (TPSA) is 91.2 Å². The van der Waals surface area contributed by atoms with Crippen molar-refractivity contribution in [3.05, 3.63) is 156 Å².